The normalized spacial score (nSPS) is 8.88. The summed E-state index contributed by atoms with van der Waals surface area (Å²) in [5.74, 6) is -1.03. The molecule has 0 saturated heterocycles. The van der Waals surface area contributed by atoms with Crippen LogP contribution in [0.3, 0.4) is 0 Å². The second kappa shape index (κ2) is 10.7. The summed E-state index contributed by atoms with van der Waals surface area (Å²) in [6.07, 6.45) is 0. The summed E-state index contributed by atoms with van der Waals surface area (Å²) in [4.78, 5) is 27.6. The van der Waals surface area contributed by atoms with Gasteiger partial charge in [-0.25, -0.2) is 9.36 Å². The zero-order valence-electron chi connectivity index (χ0n) is 6.45. The summed E-state index contributed by atoms with van der Waals surface area (Å²) in [7, 11) is -4.74. The predicted molar refractivity (Wildman–Crippen MR) is 65.3 cm³/mol. The first-order valence-electron chi connectivity index (χ1n) is 3.33. The zero-order valence-corrected chi connectivity index (χ0v) is 7.35. The Balaban J connectivity index is -0.000000563. The Morgan fingerprint density at radius 1 is 1.06 bits per heavy atom. The van der Waals surface area contributed by atoms with Crippen molar-refractivity contribution in [2.24, 2.45) is 0 Å². The molecule has 0 aliphatic heterocycles. The molecule has 1 aromatic rings. The Hall–Kier alpha value is 1.84. The number of phosphoric ester groups is 1. The van der Waals surface area contributed by atoms with Gasteiger partial charge in [0.15, 0.2) is 0 Å². The van der Waals surface area contributed by atoms with Gasteiger partial charge in [0.2, 0.25) is 0 Å². The molecule has 16 heavy (non-hydrogen) atoms. The van der Waals surface area contributed by atoms with Crippen LogP contribution >= 0.6 is 7.82 Å². The SMILES string of the molecule is O=C(OP(=O)(O)O)c1ccccc1.[NaH].[NaH].[NaH]. The van der Waals surface area contributed by atoms with Gasteiger partial charge in [0.05, 0.1) is 5.56 Å². The van der Waals surface area contributed by atoms with Gasteiger partial charge in [0.1, 0.15) is 0 Å². The van der Waals surface area contributed by atoms with Crippen LogP contribution in [0, 0.1) is 0 Å². The van der Waals surface area contributed by atoms with Gasteiger partial charge in [-0.15, -0.1) is 0 Å². The van der Waals surface area contributed by atoms with Crippen molar-refractivity contribution in [1.82, 2.24) is 0 Å². The Morgan fingerprint density at radius 2 is 1.50 bits per heavy atom. The molecule has 0 saturated carbocycles. The fraction of sp³-hybridized carbons (Fsp3) is 0. The van der Waals surface area contributed by atoms with Crippen LogP contribution in [0.25, 0.3) is 0 Å². The third kappa shape index (κ3) is 9.83. The number of carbonyl (C=O) groups is 1. The maximum atomic E-state index is 10.9. The van der Waals surface area contributed by atoms with Crippen LogP contribution in [0.1, 0.15) is 10.4 Å². The molecule has 9 heteroatoms. The fourth-order valence-corrected chi connectivity index (χ4v) is 1.06. The molecule has 1 rings (SSSR count). The van der Waals surface area contributed by atoms with Crippen molar-refractivity contribution < 1.29 is 23.7 Å². The van der Waals surface area contributed by atoms with E-state index < -0.39 is 13.8 Å². The summed E-state index contributed by atoms with van der Waals surface area (Å²) in [6.45, 7) is 0. The van der Waals surface area contributed by atoms with Gasteiger partial charge < -0.3 is 4.52 Å². The van der Waals surface area contributed by atoms with Crippen molar-refractivity contribution in [3.8, 4) is 0 Å². The van der Waals surface area contributed by atoms with E-state index >= 15 is 0 Å². The van der Waals surface area contributed by atoms with Crippen LogP contribution in [0.4, 0.5) is 0 Å². The average molecular weight is 274 g/mol. The van der Waals surface area contributed by atoms with Gasteiger partial charge in [-0.2, -0.15) is 0 Å². The van der Waals surface area contributed by atoms with E-state index in [1.165, 1.54) is 12.1 Å². The Labute approximate surface area is 159 Å². The molecule has 0 aliphatic rings. The molecule has 0 aliphatic carbocycles. The third-order valence-corrected chi connectivity index (χ3v) is 1.61. The monoisotopic (exact) mass is 274 g/mol. The third-order valence-electron chi connectivity index (χ3n) is 1.21. The van der Waals surface area contributed by atoms with Gasteiger partial charge in [0, 0.05) is 0 Å². The molecule has 0 fully saturated rings. The molecule has 0 unspecified atom stereocenters. The minimum absolute atomic E-state index is 0. The second-order valence-corrected chi connectivity index (χ2v) is 3.40. The van der Waals surface area contributed by atoms with Crippen molar-refractivity contribution in [2.75, 3.05) is 0 Å². The van der Waals surface area contributed by atoms with Crippen LogP contribution in [0.5, 0.6) is 0 Å². The number of benzene rings is 1. The Morgan fingerprint density at radius 3 is 1.88 bits per heavy atom. The maximum absolute atomic E-state index is 10.9. The van der Waals surface area contributed by atoms with Gasteiger partial charge >= 0.3 is 102 Å². The van der Waals surface area contributed by atoms with E-state index in [0.717, 1.165) is 0 Å². The van der Waals surface area contributed by atoms with Crippen LogP contribution in [0.2, 0.25) is 0 Å². The first-order chi connectivity index (χ1) is 5.99. The van der Waals surface area contributed by atoms with E-state index in [0.29, 0.717) is 0 Å². The Kier molecular flexibility index (Phi) is 15.4. The standard InChI is InChI=1S/C7H7O5P.3Na.3H/c8-7(12-13(9,10)11)6-4-2-1-3-5-6;;;;;;/h1-5H,(H2,9,10,11);;;;;;. The van der Waals surface area contributed by atoms with E-state index in [9.17, 15) is 9.36 Å². The second-order valence-electron chi connectivity index (χ2n) is 2.24. The molecule has 0 radical (unpaired) electrons. The number of hydrogen-bond donors (Lipinski definition) is 2. The molecule has 0 heterocycles. The van der Waals surface area contributed by atoms with Crippen molar-refractivity contribution in [1.29, 1.82) is 0 Å². The molecular formula is C7H10Na3O5P. The molecule has 0 bridgehead atoms. The number of hydrogen-bond acceptors (Lipinski definition) is 3. The van der Waals surface area contributed by atoms with Gasteiger partial charge in [-0.05, 0) is 12.1 Å². The summed E-state index contributed by atoms with van der Waals surface area (Å²) in [5, 5.41) is 0. The van der Waals surface area contributed by atoms with Crippen LogP contribution in [-0.2, 0) is 9.09 Å². The van der Waals surface area contributed by atoms with Crippen LogP contribution < -0.4 is 0 Å². The summed E-state index contributed by atoms with van der Waals surface area (Å²) < 4.78 is 14.1. The van der Waals surface area contributed by atoms with Crippen molar-refractivity contribution in [3.05, 3.63) is 35.9 Å². The van der Waals surface area contributed by atoms with E-state index in [-0.39, 0.29) is 94.2 Å². The van der Waals surface area contributed by atoms with Gasteiger partial charge in [0.25, 0.3) is 0 Å². The van der Waals surface area contributed by atoms with Crippen molar-refractivity contribution >= 4 is 102 Å². The molecule has 0 amide bonds. The van der Waals surface area contributed by atoms with Crippen molar-refractivity contribution in [2.45, 2.75) is 0 Å². The predicted octanol–water partition coefficient (Wildman–Crippen LogP) is -1.01. The molecule has 0 spiro atoms. The molecule has 2 N–H and O–H groups in total. The van der Waals surface area contributed by atoms with E-state index in [2.05, 4.69) is 4.52 Å². The van der Waals surface area contributed by atoms with Crippen molar-refractivity contribution in [3.63, 3.8) is 0 Å². The average Bonchev–Trinajstić information content (AvgIpc) is 2.03. The molecule has 5 nitrogen and oxygen atoms in total. The molecular weight excluding hydrogens is 264 g/mol. The summed E-state index contributed by atoms with van der Waals surface area (Å²) in [6, 6.07) is 7.61. The molecule has 1 aromatic carbocycles. The van der Waals surface area contributed by atoms with Crippen LogP contribution in [0.15, 0.2) is 30.3 Å². The zero-order chi connectivity index (χ0) is 9.90. The van der Waals surface area contributed by atoms with E-state index in [1.54, 1.807) is 18.2 Å². The fourth-order valence-electron chi connectivity index (χ4n) is 0.735. The topological polar surface area (TPSA) is 83.8 Å². The van der Waals surface area contributed by atoms with Gasteiger partial charge in [-0.1, -0.05) is 18.2 Å². The summed E-state index contributed by atoms with van der Waals surface area (Å²) in [5.41, 5.74) is 0.103. The molecule has 0 atom stereocenters. The first-order valence-corrected chi connectivity index (χ1v) is 4.86. The quantitative estimate of drug-likeness (QED) is 0.533. The first kappa shape index (κ1) is 23.0. The number of phosphoric acid groups is 1. The van der Waals surface area contributed by atoms with E-state index in [1.807, 2.05) is 0 Å². The van der Waals surface area contributed by atoms with E-state index in [4.69, 9.17) is 9.79 Å². The molecule has 0 aromatic heterocycles. The Bertz CT molecular complexity index is 352. The summed E-state index contributed by atoms with van der Waals surface area (Å²) >= 11 is 0. The number of carbonyl (C=O) groups excluding carboxylic acids is 1. The minimum atomic E-state index is -4.74. The number of rotatable bonds is 2. The molecule has 76 valence electrons. The van der Waals surface area contributed by atoms with Crippen LogP contribution in [-0.4, -0.2) is 104 Å². The van der Waals surface area contributed by atoms with Gasteiger partial charge in [-0.3, -0.25) is 9.79 Å².